The van der Waals surface area contributed by atoms with Crippen LogP contribution in [0.5, 0.6) is 0 Å². The van der Waals surface area contributed by atoms with Gasteiger partial charge in [-0.2, -0.15) is 5.10 Å². The van der Waals surface area contributed by atoms with Crippen LogP contribution in [-0.2, 0) is 23.1 Å². The Morgan fingerprint density at radius 1 is 1.24 bits per heavy atom. The van der Waals surface area contributed by atoms with Gasteiger partial charge in [-0.25, -0.2) is 4.68 Å². The minimum Gasteiger partial charge on any atom is -0.377 e. The number of amides is 1. The van der Waals surface area contributed by atoms with E-state index in [0.29, 0.717) is 38.5 Å². The summed E-state index contributed by atoms with van der Waals surface area (Å²) in [6.45, 7) is 1.96. The molecular weight excluding hydrogens is 376 g/mol. The summed E-state index contributed by atoms with van der Waals surface area (Å²) in [7, 11) is 1.59. The van der Waals surface area contributed by atoms with Crippen LogP contribution in [0.4, 0.5) is 0 Å². The first kappa shape index (κ1) is 19.5. The van der Waals surface area contributed by atoms with Gasteiger partial charge in [0, 0.05) is 31.9 Å². The summed E-state index contributed by atoms with van der Waals surface area (Å²) in [6, 6.07) is 7.74. The van der Waals surface area contributed by atoms with Crippen molar-refractivity contribution in [1.82, 2.24) is 19.2 Å². The Morgan fingerprint density at radius 3 is 2.90 bits per heavy atom. The average Bonchev–Trinajstić information content (AvgIpc) is 2.97. The van der Waals surface area contributed by atoms with Crippen molar-refractivity contribution < 1.29 is 14.3 Å². The van der Waals surface area contributed by atoms with Gasteiger partial charge in [0.05, 0.1) is 32.4 Å². The molecule has 0 aromatic carbocycles. The smallest absolute Gasteiger partial charge is 0.270 e. The Bertz CT molecular complexity index is 1020. The van der Waals surface area contributed by atoms with Gasteiger partial charge in [-0.05, 0) is 25.0 Å². The Balaban J connectivity index is 1.50. The number of carbonyl (C=O) groups is 1. The number of pyridine rings is 1. The number of hydrogen-bond donors (Lipinski definition) is 0. The summed E-state index contributed by atoms with van der Waals surface area (Å²) in [5, 5.41) is 4.09. The highest BCUT2D eigenvalue weighted by Gasteiger charge is 2.44. The second kappa shape index (κ2) is 7.92. The van der Waals surface area contributed by atoms with Crippen molar-refractivity contribution in [3.63, 3.8) is 0 Å². The first-order chi connectivity index (χ1) is 14.0. The number of carbonyl (C=O) groups excluding carboxylic acids is 1. The molecule has 0 aliphatic carbocycles. The van der Waals surface area contributed by atoms with Gasteiger partial charge in [-0.15, -0.1) is 0 Å². The number of ether oxygens (including phenoxy) is 2. The van der Waals surface area contributed by atoms with Gasteiger partial charge in [0.25, 0.3) is 17.0 Å². The van der Waals surface area contributed by atoms with Crippen LogP contribution in [0.25, 0.3) is 0 Å². The zero-order chi connectivity index (χ0) is 20.4. The Labute approximate surface area is 167 Å². The fourth-order valence-electron chi connectivity index (χ4n) is 3.98. The van der Waals surface area contributed by atoms with Gasteiger partial charge >= 0.3 is 0 Å². The third kappa shape index (κ3) is 4.01. The van der Waals surface area contributed by atoms with Crippen LogP contribution in [0.1, 0.15) is 23.3 Å². The van der Waals surface area contributed by atoms with Gasteiger partial charge < -0.3 is 18.9 Å². The molecule has 0 radical (unpaired) electrons. The molecule has 1 amide bonds. The predicted molar refractivity (Wildman–Crippen MR) is 104 cm³/mol. The van der Waals surface area contributed by atoms with Crippen molar-refractivity contribution in [2.24, 2.45) is 7.05 Å². The lowest BCUT2D eigenvalue weighted by atomic mass is 10.00. The number of aromatic nitrogens is 3. The fraction of sp³-hybridized carbons (Fsp3) is 0.500. The average molecular weight is 400 g/mol. The molecule has 2 fully saturated rings. The minimum atomic E-state index is -0.622. The molecule has 9 heteroatoms. The van der Waals surface area contributed by atoms with Crippen LogP contribution in [0.15, 0.2) is 46.1 Å². The van der Waals surface area contributed by atoms with E-state index in [4.69, 9.17) is 9.47 Å². The molecule has 0 N–H and O–H groups in total. The first-order valence-electron chi connectivity index (χ1n) is 9.70. The molecular formula is C20H24N4O5. The van der Waals surface area contributed by atoms with E-state index >= 15 is 0 Å². The monoisotopic (exact) mass is 400 g/mol. The van der Waals surface area contributed by atoms with Crippen LogP contribution in [0.2, 0.25) is 0 Å². The van der Waals surface area contributed by atoms with E-state index in [2.05, 4.69) is 5.10 Å². The quantitative estimate of drug-likeness (QED) is 0.722. The highest BCUT2D eigenvalue weighted by Crippen LogP contribution is 2.33. The molecule has 154 valence electrons. The summed E-state index contributed by atoms with van der Waals surface area (Å²) in [5.74, 6) is -0.219. The lowest BCUT2D eigenvalue weighted by molar-refractivity contribution is -0.0884. The third-order valence-corrected chi connectivity index (χ3v) is 5.54. The molecule has 2 aromatic rings. The van der Waals surface area contributed by atoms with Crippen LogP contribution in [0.3, 0.4) is 0 Å². The van der Waals surface area contributed by atoms with Crippen LogP contribution < -0.4 is 11.1 Å². The third-order valence-electron chi connectivity index (χ3n) is 5.54. The largest absolute Gasteiger partial charge is 0.377 e. The van der Waals surface area contributed by atoms with Crippen molar-refractivity contribution in [1.29, 1.82) is 0 Å². The molecule has 2 saturated heterocycles. The normalized spacial score (nSPS) is 24.6. The SMILES string of the molecule is Cn1c(C(=O)N2CCOCC3(CCC(Cn4ncccc4=O)O3)C2)cccc1=O. The molecule has 2 aromatic heterocycles. The second-order valence-corrected chi connectivity index (χ2v) is 7.59. The van der Waals surface area contributed by atoms with E-state index in [0.717, 1.165) is 12.8 Å². The molecule has 2 unspecified atom stereocenters. The molecule has 4 rings (SSSR count). The van der Waals surface area contributed by atoms with Crippen molar-refractivity contribution >= 4 is 5.91 Å². The minimum absolute atomic E-state index is 0.170. The van der Waals surface area contributed by atoms with Crippen molar-refractivity contribution in [3.8, 4) is 0 Å². The standard InChI is InChI=1S/C20H24N4O5/c1-22-16(4-2-5-17(22)25)19(27)23-10-11-28-14-20(13-23)8-7-15(29-20)12-24-18(26)6-3-9-21-24/h2-6,9,15H,7-8,10-14H2,1H3. The molecule has 9 nitrogen and oxygen atoms in total. The van der Waals surface area contributed by atoms with Gasteiger partial charge in [0.2, 0.25) is 0 Å². The Hall–Kier alpha value is -2.78. The van der Waals surface area contributed by atoms with Gasteiger partial charge in [0.15, 0.2) is 0 Å². The van der Waals surface area contributed by atoms with E-state index in [1.165, 1.54) is 21.4 Å². The molecule has 2 aliphatic rings. The molecule has 2 aliphatic heterocycles. The molecule has 0 saturated carbocycles. The zero-order valence-electron chi connectivity index (χ0n) is 16.3. The summed E-state index contributed by atoms with van der Waals surface area (Å²) < 4.78 is 14.8. The van der Waals surface area contributed by atoms with E-state index in [1.807, 2.05) is 0 Å². The maximum absolute atomic E-state index is 13.1. The predicted octanol–water partition coefficient (Wildman–Crippen LogP) is 0.0324. The summed E-state index contributed by atoms with van der Waals surface area (Å²) in [5.41, 5.74) is -0.683. The lowest BCUT2D eigenvalue weighted by Crippen LogP contribution is -2.47. The van der Waals surface area contributed by atoms with Gasteiger partial charge in [0.1, 0.15) is 11.3 Å². The summed E-state index contributed by atoms with van der Waals surface area (Å²) in [6.07, 6.45) is 2.86. The van der Waals surface area contributed by atoms with Gasteiger partial charge in [-0.1, -0.05) is 6.07 Å². The van der Waals surface area contributed by atoms with Crippen LogP contribution >= 0.6 is 0 Å². The highest BCUT2D eigenvalue weighted by molar-refractivity contribution is 5.92. The second-order valence-electron chi connectivity index (χ2n) is 7.59. The molecule has 29 heavy (non-hydrogen) atoms. The number of rotatable bonds is 3. The zero-order valence-corrected chi connectivity index (χ0v) is 16.3. The van der Waals surface area contributed by atoms with Gasteiger partial charge in [-0.3, -0.25) is 14.4 Å². The molecule has 4 heterocycles. The Morgan fingerprint density at radius 2 is 2.07 bits per heavy atom. The number of nitrogens with zero attached hydrogens (tertiary/aromatic N) is 4. The van der Waals surface area contributed by atoms with Crippen molar-refractivity contribution in [2.75, 3.05) is 26.3 Å². The van der Waals surface area contributed by atoms with E-state index in [-0.39, 0.29) is 23.1 Å². The fourth-order valence-corrected chi connectivity index (χ4v) is 3.98. The highest BCUT2D eigenvalue weighted by atomic mass is 16.6. The summed E-state index contributed by atoms with van der Waals surface area (Å²) in [4.78, 5) is 38.6. The topological polar surface area (TPSA) is 95.7 Å². The molecule has 2 atom stereocenters. The molecule has 1 spiro atoms. The molecule has 0 bridgehead atoms. The number of hydrogen-bond acceptors (Lipinski definition) is 6. The van der Waals surface area contributed by atoms with Crippen molar-refractivity contribution in [2.45, 2.75) is 31.1 Å². The lowest BCUT2D eigenvalue weighted by Gasteiger charge is -2.32. The Kier molecular flexibility index (Phi) is 5.33. The van der Waals surface area contributed by atoms with E-state index in [9.17, 15) is 14.4 Å². The summed E-state index contributed by atoms with van der Waals surface area (Å²) >= 11 is 0. The maximum atomic E-state index is 13.1. The van der Waals surface area contributed by atoms with Crippen LogP contribution in [-0.4, -0.2) is 63.2 Å². The van der Waals surface area contributed by atoms with E-state index in [1.54, 1.807) is 36.3 Å². The van der Waals surface area contributed by atoms with Crippen LogP contribution in [0, 0.1) is 0 Å². The maximum Gasteiger partial charge on any atom is 0.270 e. The first-order valence-corrected chi connectivity index (χ1v) is 9.70. The van der Waals surface area contributed by atoms with Crippen molar-refractivity contribution in [3.05, 3.63) is 62.9 Å². The van der Waals surface area contributed by atoms with E-state index < -0.39 is 5.60 Å².